The van der Waals surface area contributed by atoms with Gasteiger partial charge in [0.1, 0.15) is 0 Å². The molecule has 0 spiro atoms. The molecule has 2 aromatic rings. The normalized spacial score (nSPS) is 10.4. The summed E-state index contributed by atoms with van der Waals surface area (Å²) >= 11 is 5.92. The van der Waals surface area contributed by atoms with Gasteiger partial charge in [-0.3, -0.25) is 5.32 Å². The van der Waals surface area contributed by atoms with E-state index in [1.54, 1.807) is 18.2 Å². The lowest BCUT2D eigenvalue weighted by atomic mass is 10.2. The summed E-state index contributed by atoms with van der Waals surface area (Å²) < 4.78 is 0. The first-order chi connectivity index (χ1) is 10.4. The Morgan fingerprint density at radius 2 is 1.82 bits per heavy atom. The van der Waals surface area contributed by atoms with E-state index in [1.807, 2.05) is 32.9 Å². The first kappa shape index (κ1) is 16.0. The first-order valence-electron chi connectivity index (χ1n) is 6.88. The molecule has 2 amide bonds. The molecule has 1 heterocycles. The number of carbonyl (C=O) groups is 1. The minimum atomic E-state index is -0.307. The van der Waals surface area contributed by atoms with E-state index in [9.17, 15) is 4.79 Å². The second-order valence-electron chi connectivity index (χ2n) is 5.14. The summed E-state index contributed by atoms with van der Waals surface area (Å²) in [7, 11) is 0. The number of urea groups is 1. The molecule has 0 unspecified atom stereocenters. The highest BCUT2D eigenvalue weighted by molar-refractivity contribution is 6.30. The van der Waals surface area contributed by atoms with Crippen molar-refractivity contribution in [1.29, 1.82) is 0 Å². The summed E-state index contributed by atoms with van der Waals surface area (Å²) in [5.74, 6) is 0.969. The van der Waals surface area contributed by atoms with Crippen molar-refractivity contribution in [3.8, 4) is 0 Å². The number of hydrogen-bond donors (Lipinski definition) is 3. The van der Waals surface area contributed by atoms with E-state index in [1.165, 1.54) is 0 Å². The predicted octanol–water partition coefficient (Wildman–Crippen LogP) is 3.71. The fraction of sp³-hybridized carbons (Fsp3) is 0.267. The van der Waals surface area contributed by atoms with Crippen LogP contribution in [0.3, 0.4) is 0 Å². The second-order valence-corrected chi connectivity index (χ2v) is 5.58. The number of anilines is 3. The van der Waals surface area contributed by atoms with Crippen molar-refractivity contribution in [1.82, 2.24) is 15.5 Å². The zero-order valence-electron chi connectivity index (χ0n) is 12.6. The number of aryl methyl sites for hydroxylation is 1. The minimum Gasteiger partial charge on any atom is -0.339 e. The molecule has 1 aromatic heterocycles. The molecule has 0 atom stereocenters. The van der Waals surface area contributed by atoms with Crippen LogP contribution >= 0.6 is 11.6 Å². The fourth-order valence-electron chi connectivity index (χ4n) is 1.79. The molecule has 0 radical (unpaired) electrons. The molecule has 7 heteroatoms. The highest BCUT2D eigenvalue weighted by Gasteiger charge is 2.06. The summed E-state index contributed by atoms with van der Waals surface area (Å²) in [5, 5.41) is 17.2. The van der Waals surface area contributed by atoms with Crippen LogP contribution in [0.2, 0.25) is 5.02 Å². The maximum atomic E-state index is 11.6. The molecule has 0 aliphatic carbocycles. The van der Waals surface area contributed by atoms with Crippen LogP contribution in [-0.2, 0) is 0 Å². The molecule has 22 heavy (non-hydrogen) atoms. The van der Waals surface area contributed by atoms with E-state index in [-0.39, 0.29) is 12.1 Å². The van der Waals surface area contributed by atoms with Crippen molar-refractivity contribution in [3.63, 3.8) is 0 Å². The van der Waals surface area contributed by atoms with Crippen molar-refractivity contribution in [2.45, 2.75) is 26.8 Å². The lowest BCUT2D eigenvalue weighted by Crippen LogP contribution is -2.34. The third-order valence-electron chi connectivity index (χ3n) is 2.78. The third kappa shape index (κ3) is 4.60. The Hall–Kier alpha value is -2.34. The number of rotatable bonds is 4. The van der Waals surface area contributed by atoms with Gasteiger partial charge in [-0.1, -0.05) is 11.6 Å². The van der Waals surface area contributed by atoms with Gasteiger partial charge in [-0.25, -0.2) is 4.79 Å². The first-order valence-corrected chi connectivity index (χ1v) is 7.26. The van der Waals surface area contributed by atoms with E-state index in [2.05, 4.69) is 26.1 Å². The smallest absolute Gasteiger partial charge is 0.320 e. The molecule has 1 aromatic carbocycles. The summed E-state index contributed by atoms with van der Waals surface area (Å²) in [6.45, 7) is 5.72. The largest absolute Gasteiger partial charge is 0.339 e. The van der Waals surface area contributed by atoms with Gasteiger partial charge in [0.15, 0.2) is 11.6 Å². The van der Waals surface area contributed by atoms with E-state index in [0.29, 0.717) is 16.7 Å². The molecule has 2 rings (SSSR count). The highest BCUT2D eigenvalue weighted by atomic mass is 35.5. The van der Waals surface area contributed by atoms with Gasteiger partial charge in [-0.15, -0.1) is 10.2 Å². The van der Waals surface area contributed by atoms with Gasteiger partial charge in [-0.2, -0.15) is 0 Å². The Bertz CT molecular complexity index is 657. The molecular formula is C15H18ClN5O. The third-order valence-corrected chi connectivity index (χ3v) is 3.01. The van der Waals surface area contributed by atoms with Gasteiger partial charge in [0.25, 0.3) is 0 Å². The molecule has 0 saturated heterocycles. The van der Waals surface area contributed by atoms with Crippen molar-refractivity contribution < 1.29 is 4.79 Å². The quantitative estimate of drug-likeness (QED) is 0.802. The summed E-state index contributed by atoms with van der Waals surface area (Å²) in [6.07, 6.45) is 0. The Balaban J connectivity index is 2.01. The van der Waals surface area contributed by atoms with Crippen LogP contribution in [0.4, 0.5) is 22.1 Å². The molecule has 116 valence electrons. The average Bonchev–Trinajstić information content (AvgIpc) is 2.43. The zero-order chi connectivity index (χ0) is 16.1. The van der Waals surface area contributed by atoms with Gasteiger partial charge in [0.2, 0.25) is 0 Å². The number of benzene rings is 1. The standard InChI is InChI=1S/C15H18ClN5O/c1-9(2)17-15(22)19-14-7-6-13(20-21-14)18-12-5-4-11(16)8-10(12)3/h4-9H,1-3H3,(H,18,20)(H2,17,19,21,22). The van der Waals surface area contributed by atoms with Crippen molar-refractivity contribution in [2.75, 3.05) is 10.6 Å². The predicted molar refractivity (Wildman–Crippen MR) is 88.8 cm³/mol. The number of nitrogens with one attached hydrogen (secondary N) is 3. The fourth-order valence-corrected chi connectivity index (χ4v) is 2.01. The van der Waals surface area contributed by atoms with Crippen molar-refractivity contribution in [3.05, 3.63) is 40.9 Å². The Morgan fingerprint density at radius 3 is 2.41 bits per heavy atom. The topological polar surface area (TPSA) is 78.9 Å². The second kappa shape index (κ2) is 7.09. The van der Waals surface area contributed by atoms with E-state index < -0.39 is 0 Å². The Morgan fingerprint density at radius 1 is 1.14 bits per heavy atom. The summed E-state index contributed by atoms with van der Waals surface area (Å²) in [4.78, 5) is 11.6. The zero-order valence-corrected chi connectivity index (χ0v) is 13.4. The minimum absolute atomic E-state index is 0.0572. The van der Waals surface area contributed by atoms with Crippen molar-refractivity contribution >= 4 is 35.0 Å². The molecule has 0 saturated carbocycles. The van der Waals surface area contributed by atoms with Crippen LogP contribution in [0.25, 0.3) is 0 Å². The van der Waals surface area contributed by atoms with E-state index in [0.717, 1.165) is 11.3 Å². The number of nitrogens with zero attached hydrogens (tertiary/aromatic N) is 2. The number of hydrogen-bond acceptors (Lipinski definition) is 4. The number of carbonyl (C=O) groups excluding carboxylic acids is 1. The molecule has 0 aliphatic rings. The number of halogens is 1. The molecule has 0 aliphatic heterocycles. The maximum absolute atomic E-state index is 11.6. The van der Waals surface area contributed by atoms with Gasteiger partial charge in [0.05, 0.1) is 0 Å². The molecule has 0 bridgehead atoms. The lowest BCUT2D eigenvalue weighted by molar-refractivity contribution is 0.250. The lowest BCUT2D eigenvalue weighted by Gasteiger charge is -2.10. The average molecular weight is 320 g/mol. The Kier molecular flexibility index (Phi) is 5.16. The van der Waals surface area contributed by atoms with Crippen molar-refractivity contribution in [2.24, 2.45) is 0 Å². The van der Waals surface area contributed by atoms with Crippen LogP contribution in [0.15, 0.2) is 30.3 Å². The molecule has 0 fully saturated rings. The van der Waals surface area contributed by atoms with Gasteiger partial charge >= 0.3 is 6.03 Å². The van der Waals surface area contributed by atoms with Crippen LogP contribution in [0.1, 0.15) is 19.4 Å². The highest BCUT2D eigenvalue weighted by Crippen LogP contribution is 2.22. The van der Waals surface area contributed by atoms with Gasteiger partial charge < -0.3 is 10.6 Å². The summed E-state index contributed by atoms with van der Waals surface area (Å²) in [6, 6.07) is 8.72. The van der Waals surface area contributed by atoms with Gasteiger partial charge in [-0.05, 0) is 56.7 Å². The summed E-state index contributed by atoms with van der Waals surface area (Å²) in [5.41, 5.74) is 1.91. The van der Waals surface area contributed by atoms with Gasteiger partial charge in [0, 0.05) is 16.8 Å². The monoisotopic (exact) mass is 319 g/mol. The van der Waals surface area contributed by atoms with Crippen LogP contribution in [-0.4, -0.2) is 22.3 Å². The molecule has 6 nitrogen and oxygen atoms in total. The van der Waals surface area contributed by atoms with E-state index >= 15 is 0 Å². The SMILES string of the molecule is Cc1cc(Cl)ccc1Nc1ccc(NC(=O)NC(C)C)nn1. The van der Waals surface area contributed by atoms with E-state index in [4.69, 9.17) is 11.6 Å². The van der Waals surface area contributed by atoms with Crippen LogP contribution < -0.4 is 16.0 Å². The number of amides is 2. The Labute approximate surface area is 134 Å². The molecule has 3 N–H and O–H groups in total. The van der Waals surface area contributed by atoms with Crippen LogP contribution in [0.5, 0.6) is 0 Å². The number of aromatic nitrogens is 2. The maximum Gasteiger partial charge on any atom is 0.320 e. The van der Waals surface area contributed by atoms with Crippen LogP contribution in [0, 0.1) is 6.92 Å². The molecular weight excluding hydrogens is 302 g/mol.